The molecule has 0 radical (unpaired) electrons. The van der Waals surface area contributed by atoms with Gasteiger partial charge in [-0.15, -0.1) is 0 Å². The number of nitrogens with zero attached hydrogens (tertiary/aromatic N) is 1. The summed E-state index contributed by atoms with van der Waals surface area (Å²) in [6, 6.07) is 4.01. The van der Waals surface area contributed by atoms with Crippen molar-refractivity contribution in [3.05, 3.63) is 35.4 Å². The van der Waals surface area contributed by atoms with Crippen LogP contribution < -0.4 is 5.73 Å². The number of sulfonamides is 1. The highest BCUT2D eigenvalue weighted by atomic mass is 32.2. The summed E-state index contributed by atoms with van der Waals surface area (Å²) in [5.74, 6) is -1.49. The first-order valence-electron chi connectivity index (χ1n) is 5.41. The van der Waals surface area contributed by atoms with Gasteiger partial charge in [0.15, 0.2) is 0 Å². The van der Waals surface area contributed by atoms with Crippen molar-refractivity contribution in [1.29, 1.82) is 0 Å². The summed E-state index contributed by atoms with van der Waals surface area (Å²) >= 11 is 0. The van der Waals surface area contributed by atoms with Crippen molar-refractivity contribution in [3.63, 3.8) is 0 Å². The number of carbonyl (C=O) groups excluding carboxylic acids is 1. The van der Waals surface area contributed by atoms with Gasteiger partial charge in [0.05, 0.1) is 17.9 Å². The quantitative estimate of drug-likeness (QED) is 0.829. The van der Waals surface area contributed by atoms with E-state index < -0.39 is 40.0 Å². The number of alkyl halides is 3. The van der Waals surface area contributed by atoms with Crippen molar-refractivity contribution >= 4 is 15.9 Å². The molecule has 0 unspecified atom stereocenters. The maximum atomic E-state index is 12.5. The number of hydrogen-bond acceptors (Lipinski definition) is 3. The molecule has 0 spiro atoms. The van der Waals surface area contributed by atoms with Crippen molar-refractivity contribution in [1.82, 2.24) is 4.31 Å². The van der Waals surface area contributed by atoms with E-state index in [1.54, 1.807) is 0 Å². The van der Waals surface area contributed by atoms with Crippen LogP contribution in [0.15, 0.2) is 24.3 Å². The molecule has 0 atom stereocenters. The Morgan fingerprint density at radius 3 is 2.38 bits per heavy atom. The Labute approximate surface area is 119 Å². The van der Waals surface area contributed by atoms with Gasteiger partial charge in [0.25, 0.3) is 0 Å². The van der Waals surface area contributed by atoms with Gasteiger partial charge in [0.1, 0.15) is 0 Å². The molecule has 6 nitrogen and oxygen atoms in total. The molecule has 0 bridgehead atoms. The fourth-order valence-electron chi connectivity index (χ4n) is 1.48. The van der Waals surface area contributed by atoms with Crippen LogP contribution in [0.5, 0.6) is 0 Å². The maximum Gasteiger partial charge on any atom is 0.416 e. The van der Waals surface area contributed by atoms with E-state index in [9.17, 15) is 26.4 Å². The molecule has 0 aliphatic heterocycles. The van der Waals surface area contributed by atoms with Crippen LogP contribution in [0.1, 0.15) is 11.1 Å². The van der Waals surface area contributed by atoms with E-state index in [1.807, 2.05) is 0 Å². The normalized spacial score (nSPS) is 12.0. The minimum absolute atomic E-state index is 0. The van der Waals surface area contributed by atoms with Gasteiger partial charge in [-0.05, 0) is 11.6 Å². The Hall–Kier alpha value is -1.65. The molecule has 1 amide bonds. The second-order valence-electron chi connectivity index (χ2n) is 4.18. The van der Waals surface area contributed by atoms with Crippen LogP contribution in [0.4, 0.5) is 13.2 Å². The summed E-state index contributed by atoms with van der Waals surface area (Å²) in [4.78, 5) is 10.7. The lowest BCUT2D eigenvalue weighted by molar-refractivity contribution is -0.137. The standard InChI is InChI=1S/C11H13F3N2O3S.H2O/c1-16(6-10(15)17)20(18,19)7-8-3-2-4-9(5-8)11(12,13)14;/h2-5H,6-7H2,1H3,(H2,15,17);1H2. The summed E-state index contributed by atoms with van der Waals surface area (Å²) in [5, 5.41) is 0. The Kier molecular flexibility index (Phi) is 6.33. The molecule has 4 N–H and O–H groups in total. The number of likely N-dealkylation sites (N-methyl/N-ethyl adjacent to an activating group) is 1. The minimum Gasteiger partial charge on any atom is -0.412 e. The topological polar surface area (TPSA) is 112 Å². The van der Waals surface area contributed by atoms with Crippen LogP contribution in [-0.2, 0) is 26.7 Å². The van der Waals surface area contributed by atoms with Gasteiger partial charge in [-0.3, -0.25) is 4.79 Å². The van der Waals surface area contributed by atoms with E-state index in [2.05, 4.69) is 0 Å². The van der Waals surface area contributed by atoms with Crippen molar-refractivity contribution in [3.8, 4) is 0 Å². The SMILES string of the molecule is CN(CC(N)=O)S(=O)(=O)Cc1cccc(C(F)(F)F)c1.O. The number of primary amides is 1. The van der Waals surface area contributed by atoms with E-state index in [-0.39, 0.29) is 11.0 Å². The number of halogens is 3. The molecule has 21 heavy (non-hydrogen) atoms. The van der Waals surface area contributed by atoms with Gasteiger partial charge in [-0.1, -0.05) is 18.2 Å². The van der Waals surface area contributed by atoms with E-state index in [1.165, 1.54) is 6.07 Å². The Morgan fingerprint density at radius 2 is 1.90 bits per heavy atom. The third-order valence-electron chi connectivity index (χ3n) is 2.46. The van der Waals surface area contributed by atoms with E-state index in [0.717, 1.165) is 25.2 Å². The summed E-state index contributed by atoms with van der Waals surface area (Å²) in [5.41, 5.74) is 3.93. The third-order valence-corrected chi connectivity index (χ3v) is 4.23. The fourth-order valence-corrected chi connectivity index (χ4v) is 2.62. The second-order valence-corrected chi connectivity index (χ2v) is 6.25. The molecule has 0 heterocycles. The van der Waals surface area contributed by atoms with E-state index in [4.69, 9.17) is 5.73 Å². The number of nitrogens with two attached hydrogens (primary N) is 1. The van der Waals surface area contributed by atoms with E-state index in [0.29, 0.717) is 4.31 Å². The summed E-state index contributed by atoms with van der Waals surface area (Å²) < 4.78 is 61.9. The zero-order chi connectivity index (χ0) is 15.6. The van der Waals surface area contributed by atoms with E-state index >= 15 is 0 Å². The molecule has 0 saturated heterocycles. The number of amides is 1. The zero-order valence-electron chi connectivity index (χ0n) is 11.0. The molecule has 0 aliphatic rings. The number of carbonyl (C=O) groups is 1. The van der Waals surface area contributed by atoms with Crippen molar-refractivity contribution < 1.29 is 31.9 Å². The molecule has 1 aromatic carbocycles. The largest absolute Gasteiger partial charge is 0.416 e. The highest BCUT2D eigenvalue weighted by Crippen LogP contribution is 2.29. The predicted molar refractivity (Wildman–Crippen MR) is 69.5 cm³/mol. The number of hydrogen-bond donors (Lipinski definition) is 1. The van der Waals surface area contributed by atoms with Crippen LogP contribution in [0.25, 0.3) is 0 Å². The smallest absolute Gasteiger partial charge is 0.412 e. The van der Waals surface area contributed by atoms with Gasteiger partial charge in [0.2, 0.25) is 15.9 Å². The average Bonchev–Trinajstić information content (AvgIpc) is 2.26. The zero-order valence-corrected chi connectivity index (χ0v) is 11.8. The lowest BCUT2D eigenvalue weighted by Gasteiger charge is -2.16. The highest BCUT2D eigenvalue weighted by Gasteiger charge is 2.31. The van der Waals surface area contributed by atoms with Crippen molar-refractivity contribution in [2.75, 3.05) is 13.6 Å². The molecule has 0 saturated carbocycles. The second kappa shape index (κ2) is 6.87. The fraction of sp³-hybridized carbons (Fsp3) is 0.364. The molecule has 1 aromatic rings. The van der Waals surface area contributed by atoms with Gasteiger partial charge >= 0.3 is 6.18 Å². The van der Waals surface area contributed by atoms with Crippen LogP contribution in [-0.4, -0.2) is 37.7 Å². The monoisotopic (exact) mass is 328 g/mol. The lowest BCUT2D eigenvalue weighted by Crippen LogP contribution is -2.36. The summed E-state index contributed by atoms with van der Waals surface area (Å²) in [6.07, 6.45) is -4.54. The van der Waals surface area contributed by atoms with Gasteiger partial charge < -0.3 is 11.2 Å². The predicted octanol–water partition coefficient (Wildman–Crippen LogP) is 0.128. The Balaban J connectivity index is 0.00000400. The Bertz CT molecular complexity index is 602. The molecule has 1 rings (SSSR count). The van der Waals surface area contributed by atoms with Crippen LogP contribution in [0, 0.1) is 0 Å². The third kappa shape index (κ3) is 5.69. The summed E-state index contributed by atoms with van der Waals surface area (Å²) in [7, 11) is -2.77. The van der Waals surface area contributed by atoms with Crippen LogP contribution in [0.2, 0.25) is 0 Å². The summed E-state index contributed by atoms with van der Waals surface area (Å²) in [6.45, 7) is -0.526. The van der Waals surface area contributed by atoms with Gasteiger partial charge in [0, 0.05) is 7.05 Å². The Morgan fingerprint density at radius 1 is 1.33 bits per heavy atom. The molecule has 0 aromatic heterocycles. The molecule has 10 heteroatoms. The minimum atomic E-state index is -4.54. The molecular formula is C11H15F3N2O4S. The van der Waals surface area contributed by atoms with Crippen molar-refractivity contribution in [2.24, 2.45) is 5.73 Å². The molecule has 0 aliphatic carbocycles. The molecule has 120 valence electrons. The first-order valence-corrected chi connectivity index (χ1v) is 7.02. The molecule has 0 fully saturated rings. The number of rotatable bonds is 5. The average molecular weight is 328 g/mol. The van der Waals surface area contributed by atoms with Gasteiger partial charge in [-0.25, -0.2) is 8.42 Å². The maximum absolute atomic E-state index is 12.5. The number of benzene rings is 1. The van der Waals surface area contributed by atoms with Crippen molar-refractivity contribution in [2.45, 2.75) is 11.9 Å². The first-order chi connectivity index (χ1) is 9.02. The van der Waals surface area contributed by atoms with Gasteiger partial charge in [-0.2, -0.15) is 17.5 Å². The van der Waals surface area contributed by atoms with Crippen LogP contribution >= 0.6 is 0 Å². The van der Waals surface area contributed by atoms with Crippen LogP contribution in [0.3, 0.4) is 0 Å². The lowest BCUT2D eigenvalue weighted by atomic mass is 10.1. The highest BCUT2D eigenvalue weighted by molar-refractivity contribution is 7.88. The molecular weight excluding hydrogens is 313 g/mol. The first kappa shape index (κ1) is 19.4.